The van der Waals surface area contributed by atoms with Gasteiger partial charge in [0.15, 0.2) is 0 Å². The first-order chi connectivity index (χ1) is 8.26. The lowest BCUT2D eigenvalue weighted by Crippen LogP contribution is -2.49. The average molecular weight is 248 g/mol. The maximum absolute atomic E-state index is 11.5. The van der Waals surface area contributed by atoms with Crippen LogP contribution in [0.2, 0.25) is 0 Å². The number of rotatable bonds is 1. The van der Waals surface area contributed by atoms with Crippen molar-refractivity contribution in [2.24, 2.45) is 22.2 Å². The number of hydrogen-bond donors (Lipinski definition) is 1. The fraction of sp³-hybridized carbons (Fsp3) is 0.812. The lowest BCUT2D eigenvalue weighted by molar-refractivity contribution is -0.132. The highest BCUT2D eigenvalue weighted by molar-refractivity contribution is 5.89. The highest BCUT2D eigenvalue weighted by Gasteiger charge is 2.68. The van der Waals surface area contributed by atoms with Crippen molar-refractivity contribution in [1.82, 2.24) is 0 Å². The molecule has 2 heteroatoms. The minimum absolute atomic E-state index is 0.174. The maximum atomic E-state index is 11.5. The molecule has 0 radical (unpaired) electrons. The van der Waals surface area contributed by atoms with Gasteiger partial charge in [0.2, 0.25) is 0 Å². The molecule has 100 valence electrons. The molecule has 3 rings (SSSR count). The molecular weight excluding hydrogens is 224 g/mol. The first kappa shape index (κ1) is 12.3. The van der Waals surface area contributed by atoms with Crippen molar-refractivity contribution in [3.63, 3.8) is 0 Å². The van der Waals surface area contributed by atoms with Gasteiger partial charge in [-0.05, 0) is 48.9 Å². The minimum Gasteiger partial charge on any atom is -0.478 e. The summed E-state index contributed by atoms with van der Waals surface area (Å²) in [6.45, 7) is 9.50. The molecule has 0 amide bonds. The van der Waals surface area contributed by atoms with Crippen molar-refractivity contribution in [2.45, 2.75) is 59.8 Å². The molecule has 0 aliphatic heterocycles. The second-order valence-electron chi connectivity index (χ2n) is 7.54. The predicted octanol–water partition coefficient (Wildman–Crippen LogP) is 4.01. The van der Waals surface area contributed by atoms with Crippen molar-refractivity contribution >= 4 is 5.97 Å². The zero-order chi connectivity index (χ0) is 13.3. The molecule has 0 heterocycles. The van der Waals surface area contributed by atoms with Crippen molar-refractivity contribution in [1.29, 1.82) is 0 Å². The van der Waals surface area contributed by atoms with Crippen molar-refractivity contribution in [2.75, 3.05) is 0 Å². The Morgan fingerprint density at radius 1 is 1.28 bits per heavy atom. The van der Waals surface area contributed by atoms with Crippen molar-refractivity contribution < 1.29 is 9.90 Å². The van der Waals surface area contributed by atoms with E-state index >= 15 is 0 Å². The third kappa shape index (κ3) is 1.05. The molecule has 2 nitrogen and oxygen atoms in total. The van der Waals surface area contributed by atoms with Gasteiger partial charge in [-0.25, -0.2) is 4.79 Å². The van der Waals surface area contributed by atoms with Crippen LogP contribution in [0.3, 0.4) is 0 Å². The largest absolute Gasteiger partial charge is 0.478 e. The van der Waals surface area contributed by atoms with Crippen LogP contribution in [0.5, 0.6) is 0 Å². The van der Waals surface area contributed by atoms with Gasteiger partial charge in [0.25, 0.3) is 0 Å². The molecular formula is C16H24O2. The van der Waals surface area contributed by atoms with E-state index in [0.29, 0.717) is 11.3 Å². The molecule has 0 aromatic heterocycles. The standard InChI is InChI=1S/C16H24O2/c1-10-5-7-15(4)9-12-11(13(17)18)6-8-16(10,12)14(15,2)3/h10H,5-9H2,1-4H3,(H,17,18). The Morgan fingerprint density at radius 2 is 1.94 bits per heavy atom. The van der Waals surface area contributed by atoms with E-state index in [4.69, 9.17) is 0 Å². The summed E-state index contributed by atoms with van der Waals surface area (Å²) < 4.78 is 0. The van der Waals surface area contributed by atoms with Crippen LogP contribution in [0.4, 0.5) is 0 Å². The third-order valence-corrected chi connectivity index (χ3v) is 7.09. The number of aliphatic carboxylic acids is 1. The number of carbonyl (C=O) groups is 1. The molecule has 3 aliphatic carbocycles. The maximum Gasteiger partial charge on any atom is 0.331 e. The molecule has 1 N–H and O–H groups in total. The summed E-state index contributed by atoms with van der Waals surface area (Å²) in [5, 5.41) is 9.46. The predicted molar refractivity (Wildman–Crippen MR) is 71.2 cm³/mol. The molecule has 1 spiro atoms. The first-order valence-corrected chi connectivity index (χ1v) is 7.22. The number of fused-ring (bicyclic) bond motifs is 1. The van der Waals surface area contributed by atoms with Crippen molar-refractivity contribution in [3.8, 4) is 0 Å². The van der Waals surface area contributed by atoms with Crippen LogP contribution in [0.15, 0.2) is 11.1 Å². The van der Waals surface area contributed by atoms with E-state index in [1.807, 2.05) is 0 Å². The molecule has 0 aromatic carbocycles. The minimum atomic E-state index is -0.666. The first-order valence-electron chi connectivity index (χ1n) is 7.22. The third-order valence-electron chi connectivity index (χ3n) is 7.09. The van der Waals surface area contributed by atoms with Gasteiger partial charge in [0.05, 0.1) is 0 Å². The number of allylic oxidation sites excluding steroid dienone is 1. The Hall–Kier alpha value is -0.790. The second kappa shape index (κ2) is 3.20. The van der Waals surface area contributed by atoms with Crippen LogP contribution in [0, 0.1) is 22.2 Å². The molecule has 0 aromatic rings. The molecule has 3 atom stereocenters. The number of carboxylic acid groups (broad SMARTS) is 1. The summed E-state index contributed by atoms with van der Waals surface area (Å²) in [7, 11) is 0. The molecule has 3 unspecified atom stereocenters. The molecule has 3 aliphatic rings. The highest BCUT2D eigenvalue weighted by atomic mass is 16.4. The smallest absolute Gasteiger partial charge is 0.331 e. The van der Waals surface area contributed by atoms with Gasteiger partial charge in [-0.15, -0.1) is 0 Å². The number of hydrogen-bond acceptors (Lipinski definition) is 1. The van der Waals surface area contributed by atoms with E-state index < -0.39 is 5.97 Å². The topological polar surface area (TPSA) is 37.3 Å². The molecule has 2 fully saturated rings. The lowest BCUT2D eigenvalue weighted by Gasteiger charge is -2.55. The van der Waals surface area contributed by atoms with E-state index in [2.05, 4.69) is 27.7 Å². The van der Waals surface area contributed by atoms with Crippen LogP contribution >= 0.6 is 0 Å². The van der Waals surface area contributed by atoms with Crippen LogP contribution in [-0.2, 0) is 4.79 Å². The molecule has 0 saturated heterocycles. The van der Waals surface area contributed by atoms with Gasteiger partial charge in [-0.3, -0.25) is 0 Å². The van der Waals surface area contributed by atoms with E-state index in [-0.39, 0.29) is 10.8 Å². The van der Waals surface area contributed by atoms with Gasteiger partial charge < -0.3 is 5.11 Å². The summed E-state index contributed by atoms with van der Waals surface area (Å²) in [6.07, 6.45) is 5.38. The Bertz CT molecular complexity index is 460. The van der Waals surface area contributed by atoms with E-state index in [0.717, 1.165) is 24.8 Å². The van der Waals surface area contributed by atoms with E-state index in [1.54, 1.807) is 0 Å². The van der Waals surface area contributed by atoms with Crippen LogP contribution in [0.1, 0.15) is 59.8 Å². The quantitative estimate of drug-likeness (QED) is 0.761. The fourth-order valence-corrected chi connectivity index (χ4v) is 5.58. The van der Waals surface area contributed by atoms with Gasteiger partial charge in [-0.1, -0.05) is 33.3 Å². The zero-order valence-electron chi connectivity index (χ0n) is 12.0. The van der Waals surface area contributed by atoms with Crippen molar-refractivity contribution in [3.05, 3.63) is 11.1 Å². The summed E-state index contributed by atoms with van der Waals surface area (Å²) in [6, 6.07) is 0. The molecule has 18 heavy (non-hydrogen) atoms. The Morgan fingerprint density at radius 3 is 2.56 bits per heavy atom. The highest BCUT2D eigenvalue weighted by Crippen LogP contribution is 2.77. The van der Waals surface area contributed by atoms with E-state index in [9.17, 15) is 9.90 Å². The monoisotopic (exact) mass is 248 g/mol. The van der Waals surface area contributed by atoms with Gasteiger partial charge in [-0.2, -0.15) is 0 Å². The summed E-state index contributed by atoms with van der Waals surface area (Å²) >= 11 is 0. The molecule has 2 bridgehead atoms. The molecule has 2 saturated carbocycles. The van der Waals surface area contributed by atoms with Gasteiger partial charge >= 0.3 is 5.97 Å². The van der Waals surface area contributed by atoms with Crippen LogP contribution in [0.25, 0.3) is 0 Å². The normalized spacial score (nSPS) is 45.2. The summed E-state index contributed by atoms with van der Waals surface area (Å²) in [5.74, 6) is -0.0315. The van der Waals surface area contributed by atoms with Crippen LogP contribution < -0.4 is 0 Å². The Kier molecular flexibility index (Phi) is 2.18. The summed E-state index contributed by atoms with van der Waals surface area (Å²) in [4.78, 5) is 11.5. The average Bonchev–Trinajstić information content (AvgIpc) is 2.67. The summed E-state index contributed by atoms with van der Waals surface area (Å²) in [5.41, 5.74) is 2.78. The Balaban J connectivity index is 2.25. The fourth-order valence-electron chi connectivity index (χ4n) is 5.58. The Labute approximate surface area is 109 Å². The van der Waals surface area contributed by atoms with Gasteiger partial charge in [0, 0.05) is 11.0 Å². The number of carboxylic acids is 1. The van der Waals surface area contributed by atoms with Crippen LogP contribution in [-0.4, -0.2) is 11.1 Å². The van der Waals surface area contributed by atoms with Gasteiger partial charge in [0.1, 0.15) is 0 Å². The zero-order valence-corrected chi connectivity index (χ0v) is 12.0. The SMILES string of the molecule is CC1CCC2(C)CC3=C(C(=O)O)CCC31C2(C)C. The lowest BCUT2D eigenvalue weighted by atomic mass is 9.48. The second-order valence-corrected chi connectivity index (χ2v) is 7.54. The van der Waals surface area contributed by atoms with E-state index in [1.165, 1.54) is 18.4 Å².